The van der Waals surface area contributed by atoms with Gasteiger partial charge in [-0.15, -0.1) is 0 Å². The largest absolute Gasteiger partial charge is 0.496 e. The van der Waals surface area contributed by atoms with E-state index in [0.717, 1.165) is 25.3 Å². The third-order valence-corrected chi connectivity index (χ3v) is 8.42. The molecule has 38 heavy (non-hydrogen) atoms. The molecule has 1 saturated heterocycles. The van der Waals surface area contributed by atoms with Crippen molar-refractivity contribution in [2.24, 2.45) is 16.7 Å². The van der Waals surface area contributed by atoms with Crippen molar-refractivity contribution < 1.29 is 43.2 Å². The van der Waals surface area contributed by atoms with Crippen molar-refractivity contribution in [3.05, 3.63) is 23.5 Å². The number of carboxylic acid groups (broad SMARTS) is 1. The number of rotatable bonds is 10. The molecule has 0 aromatic heterocycles. The lowest BCUT2D eigenvalue weighted by Gasteiger charge is -2.38. The molecule has 3 fully saturated rings. The Hall–Kier alpha value is -2.92. The van der Waals surface area contributed by atoms with Crippen molar-refractivity contribution in [2.45, 2.75) is 64.0 Å². The van der Waals surface area contributed by atoms with Crippen LogP contribution in [0.1, 0.15) is 62.2 Å². The quantitative estimate of drug-likeness (QED) is 0.357. The van der Waals surface area contributed by atoms with Crippen LogP contribution in [0.5, 0.6) is 11.5 Å². The number of methoxy groups -OCH3 is 1. The lowest BCUT2D eigenvalue weighted by molar-refractivity contribution is -0.155. The number of amides is 2. The molecule has 1 aromatic carbocycles. The van der Waals surface area contributed by atoms with Crippen LogP contribution >= 0.6 is 0 Å². The van der Waals surface area contributed by atoms with Crippen LogP contribution in [0.3, 0.4) is 0 Å². The molecule has 2 aliphatic carbocycles. The van der Waals surface area contributed by atoms with E-state index in [9.17, 15) is 29.0 Å². The number of aliphatic carboxylic acids is 1. The van der Waals surface area contributed by atoms with E-state index in [1.54, 1.807) is 0 Å². The van der Waals surface area contributed by atoms with Gasteiger partial charge in [-0.25, -0.2) is 4.39 Å². The molecule has 4 rings (SSSR count). The van der Waals surface area contributed by atoms with Crippen LogP contribution in [0.4, 0.5) is 4.39 Å². The number of aliphatic hydroxyl groups excluding tert-OH is 1. The smallest absolute Gasteiger partial charge is 0.311 e. The zero-order chi connectivity index (χ0) is 27.5. The topological polar surface area (TPSA) is 143 Å². The Balaban J connectivity index is 1.41. The molecule has 0 bridgehead atoms. The van der Waals surface area contributed by atoms with E-state index in [4.69, 9.17) is 14.2 Å². The molecule has 210 valence electrons. The Morgan fingerprint density at radius 1 is 1.13 bits per heavy atom. The fourth-order valence-electron chi connectivity index (χ4n) is 5.44. The number of carbonyl (C=O) groups excluding carboxylic acids is 2. The molecule has 2 atom stereocenters. The third-order valence-electron chi connectivity index (χ3n) is 8.42. The highest BCUT2D eigenvalue weighted by Crippen LogP contribution is 2.40. The summed E-state index contributed by atoms with van der Waals surface area (Å²) in [5.74, 6) is -3.20. The summed E-state index contributed by atoms with van der Waals surface area (Å²) in [7, 11) is 1.32. The van der Waals surface area contributed by atoms with Crippen LogP contribution in [0.2, 0.25) is 0 Å². The Bertz CT molecular complexity index is 1050. The second-order valence-corrected chi connectivity index (χ2v) is 11.1. The van der Waals surface area contributed by atoms with E-state index < -0.39 is 47.8 Å². The van der Waals surface area contributed by atoms with Crippen LogP contribution in [0, 0.1) is 22.6 Å². The minimum atomic E-state index is -1.22. The maximum atomic E-state index is 14.8. The number of hydrogen-bond donors (Lipinski definition) is 4. The van der Waals surface area contributed by atoms with Gasteiger partial charge in [0.1, 0.15) is 5.75 Å². The number of benzene rings is 1. The summed E-state index contributed by atoms with van der Waals surface area (Å²) in [6.45, 7) is 2.62. The molecule has 1 aromatic rings. The van der Waals surface area contributed by atoms with Gasteiger partial charge in [-0.2, -0.15) is 0 Å². The Morgan fingerprint density at radius 3 is 2.42 bits per heavy atom. The summed E-state index contributed by atoms with van der Waals surface area (Å²) in [6.07, 6.45) is 3.86. The average Bonchev–Trinajstić information content (AvgIpc) is 3.35. The van der Waals surface area contributed by atoms with Gasteiger partial charge in [0, 0.05) is 12.6 Å². The average molecular weight is 537 g/mol. The highest BCUT2D eigenvalue weighted by molar-refractivity contribution is 5.98. The summed E-state index contributed by atoms with van der Waals surface area (Å²) in [6, 6.07) is 1.77. The van der Waals surface area contributed by atoms with Gasteiger partial charge in [-0.05, 0) is 50.0 Å². The minimum Gasteiger partial charge on any atom is -0.496 e. The van der Waals surface area contributed by atoms with Crippen molar-refractivity contribution >= 4 is 17.8 Å². The first kappa shape index (κ1) is 28.1. The molecule has 2 saturated carbocycles. The van der Waals surface area contributed by atoms with E-state index in [0.29, 0.717) is 19.4 Å². The minimum absolute atomic E-state index is 0.0130. The molecule has 1 heterocycles. The number of ether oxygens (including phenoxy) is 3. The fourth-order valence-corrected chi connectivity index (χ4v) is 5.44. The van der Waals surface area contributed by atoms with Crippen LogP contribution in [0.15, 0.2) is 12.1 Å². The number of nitrogens with one attached hydrogen (secondary N) is 2. The second-order valence-electron chi connectivity index (χ2n) is 11.1. The zero-order valence-corrected chi connectivity index (χ0v) is 21.9. The van der Waals surface area contributed by atoms with Crippen molar-refractivity contribution in [1.29, 1.82) is 0 Å². The van der Waals surface area contributed by atoms with E-state index in [1.807, 2.05) is 0 Å². The van der Waals surface area contributed by atoms with Crippen LogP contribution in [-0.4, -0.2) is 73.6 Å². The highest BCUT2D eigenvalue weighted by atomic mass is 19.1. The van der Waals surface area contributed by atoms with Crippen molar-refractivity contribution in [3.8, 4) is 11.5 Å². The highest BCUT2D eigenvalue weighted by Gasteiger charge is 2.42. The van der Waals surface area contributed by atoms with E-state index in [1.165, 1.54) is 13.2 Å². The molecule has 11 heteroatoms. The number of halogens is 1. The predicted octanol–water partition coefficient (Wildman–Crippen LogP) is 2.27. The van der Waals surface area contributed by atoms with Crippen LogP contribution in [-0.2, 0) is 14.3 Å². The summed E-state index contributed by atoms with van der Waals surface area (Å²) in [4.78, 5) is 37.6. The van der Waals surface area contributed by atoms with Crippen LogP contribution in [0.25, 0.3) is 0 Å². The van der Waals surface area contributed by atoms with Crippen molar-refractivity contribution in [1.82, 2.24) is 10.6 Å². The van der Waals surface area contributed by atoms with Crippen LogP contribution < -0.4 is 20.1 Å². The first-order chi connectivity index (χ1) is 18.1. The molecule has 1 aliphatic heterocycles. The summed E-state index contributed by atoms with van der Waals surface area (Å²) in [5, 5.41) is 24.8. The van der Waals surface area contributed by atoms with E-state index in [-0.39, 0.29) is 54.4 Å². The van der Waals surface area contributed by atoms with Gasteiger partial charge in [0.15, 0.2) is 11.6 Å². The normalized spacial score (nSPS) is 28.2. The molecular weight excluding hydrogens is 499 g/mol. The second kappa shape index (κ2) is 11.4. The van der Waals surface area contributed by atoms with E-state index in [2.05, 4.69) is 17.6 Å². The molecule has 0 unspecified atom stereocenters. The number of carboxylic acids is 1. The summed E-state index contributed by atoms with van der Waals surface area (Å²) >= 11 is 0. The zero-order valence-electron chi connectivity index (χ0n) is 21.9. The molecule has 2 amide bonds. The van der Waals surface area contributed by atoms with Gasteiger partial charge in [0.25, 0.3) is 5.91 Å². The third kappa shape index (κ3) is 5.88. The van der Waals surface area contributed by atoms with Gasteiger partial charge in [-0.1, -0.05) is 13.3 Å². The Kier molecular flexibility index (Phi) is 8.46. The standard InChI is InChI=1S/C27H37FN2O8/c1-26(6-3-7-26)14-29-23(32)18-12-37-13-20(18)30-24(33)17-10-22(19(28)11-21(17)36-2)38-16-4-8-27(15-31,9-5-16)25(34)35/h10-11,16,18,20,31H,3-9,12-15H2,1-2H3,(H,29,32)(H,30,33)(H,34,35)/t16?,18-,20+,27?/m1/s1. The first-order valence-corrected chi connectivity index (χ1v) is 13.1. The molecule has 4 N–H and O–H groups in total. The Labute approximate surface area is 221 Å². The maximum Gasteiger partial charge on any atom is 0.311 e. The van der Waals surface area contributed by atoms with Gasteiger partial charge in [-0.3, -0.25) is 14.4 Å². The molecular formula is C27H37FN2O8. The van der Waals surface area contributed by atoms with E-state index >= 15 is 0 Å². The fraction of sp³-hybridized carbons (Fsp3) is 0.667. The SMILES string of the molecule is COc1cc(F)c(OC2CCC(CO)(C(=O)O)CC2)cc1C(=O)N[C@H]1COC[C@H]1C(=O)NCC1(C)CCC1. The molecule has 0 spiro atoms. The molecule has 3 aliphatic rings. The molecule has 10 nitrogen and oxygen atoms in total. The summed E-state index contributed by atoms with van der Waals surface area (Å²) in [5.41, 5.74) is -1.05. The van der Waals surface area contributed by atoms with Gasteiger partial charge in [0.2, 0.25) is 5.91 Å². The Morgan fingerprint density at radius 2 is 1.84 bits per heavy atom. The maximum absolute atomic E-state index is 14.8. The first-order valence-electron chi connectivity index (χ1n) is 13.1. The van der Waals surface area contributed by atoms with Gasteiger partial charge >= 0.3 is 5.97 Å². The monoisotopic (exact) mass is 536 g/mol. The lowest BCUT2D eigenvalue weighted by atomic mass is 9.70. The van der Waals surface area contributed by atoms with Gasteiger partial charge < -0.3 is 35.1 Å². The number of aliphatic hydroxyl groups is 1. The number of carbonyl (C=O) groups is 3. The lowest BCUT2D eigenvalue weighted by Crippen LogP contribution is -2.48. The molecule has 0 radical (unpaired) electrons. The number of hydrogen-bond acceptors (Lipinski definition) is 7. The van der Waals surface area contributed by atoms with Gasteiger partial charge in [0.05, 0.1) is 56.0 Å². The predicted molar refractivity (Wildman–Crippen MR) is 134 cm³/mol. The summed E-state index contributed by atoms with van der Waals surface area (Å²) < 4.78 is 31.4. The van der Waals surface area contributed by atoms with Crippen molar-refractivity contribution in [2.75, 3.05) is 33.5 Å². The van der Waals surface area contributed by atoms with Crippen molar-refractivity contribution in [3.63, 3.8) is 0 Å².